The number of carbonyl (C=O) groups excluding carboxylic acids is 1. The molecule has 5 rings (SSSR count). The number of fused-ring (bicyclic) bond motifs is 1. The number of carbonyl (C=O) groups is 1. The van der Waals surface area contributed by atoms with Gasteiger partial charge in [-0.3, -0.25) is 4.79 Å². The van der Waals surface area contributed by atoms with Crippen molar-refractivity contribution in [1.29, 1.82) is 0 Å². The summed E-state index contributed by atoms with van der Waals surface area (Å²) in [6.07, 6.45) is 3.36. The predicted octanol–water partition coefficient (Wildman–Crippen LogP) is 6.33. The van der Waals surface area contributed by atoms with E-state index in [1.807, 2.05) is 43.3 Å². The molecule has 6 nitrogen and oxygen atoms in total. The van der Waals surface area contributed by atoms with E-state index in [9.17, 15) is 4.79 Å². The molecule has 0 bridgehead atoms. The van der Waals surface area contributed by atoms with Crippen LogP contribution in [0.5, 0.6) is 0 Å². The smallest absolute Gasteiger partial charge is 0.256 e. The lowest BCUT2D eigenvalue weighted by atomic mass is 10.0. The van der Waals surface area contributed by atoms with Crippen molar-refractivity contribution in [3.05, 3.63) is 100 Å². The molecule has 3 aromatic heterocycles. The fourth-order valence-electron chi connectivity index (χ4n) is 3.61. The minimum absolute atomic E-state index is 0.311. The van der Waals surface area contributed by atoms with E-state index in [1.54, 1.807) is 35.1 Å². The van der Waals surface area contributed by atoms with Crippen LogP contribution in [0.15, 0.2) is 79.1 Å². The first-order valence-corrected chi connectivity index (χ1v) is 10.9. The maximum Gasteiger partial charge on any atom is 0.256 e. The first-order valence-electron chi connectivity index (χ1n) is 10.1. The molecule has 0 saturated heterocycles. The number of rotatable bonds is 4. The van der Waals surface area contributed by atoms with Crippen LogP contribution < -0.4 is 5.32 Å². The van der Waals surface area contributed by atoms with Crippen molar-refractivity contribution in [2.75, 3.05) is 5.32 Å². The number of aryl methyl sites for hydroxylation is 1. The van der Waals surface area contributed by atoms with E-state index in [4.69, 9.17) is 28.2 Å². The van der Waals surface area contributed by atoms with Crippen LogP contribution in [-0.2, 0) is 0 Å². The van der Waals surface area contributed by atoms with Gasteiger partial charge in [0.15, 0.2) is 5.65 Å². The molecule has 5 aromatic rings. The quantitative estimate of drug-likeness (QED) is 0.331. The van der Waals surface area contributed by atoms with Gasteiger partial charge in [0.05, 0.1) is 15.7 Å². The molecule has 0 unspecified atom stereocenters. The van der Waals surface area contributed by atoms with E-state index in [-0.39, 0.29) is 5.91 Å². The van der Waals surface area contributed by atoms with E-state index in [0.29, 0.717) is 21.4 Å². The summed E-state index contributed by atoms with van der Waals surface area (Å²) in [7, 11) is 0. The fourth-order valence-corrected chi connectivity index (χ4v) is 3.91. The summed E-state index contributed by atoms with van der Waals surface area (Å²) < 4.78 is 1.79. The molecule has 0 aliphatic rings. The molecule has 0 fully saturated rings. The van der Waals surface area contributed by atoms with Crippen LogP contribution in [-0.4, -0.2) is 25.5 Å². The molecule has 0 spiro atoms. The van der Waals surface area contributed by atoms with Crippen LogP contribution in [0.25, 0.3) is 28.2 Å². The van der Waals surface area contributed by atoms with E-state index in [2.05, 4.69) is 21.5 Å². The van der Waals surface area contributed by atoms with Gasteiger partial charge in [-0.15, -0.1) is 0 Å². The Balaban J connectivity index is 1.57. The summed E-state index contributed by atoms with van der Waals surface area (Å²) in [6.45, 7) is 2.04. The first-order chi connectivity index (χ1) is 16.0. The zero-order valence-corrected chi connectivity index (χ0v) is 19.0. The molecular formula is C25H17Cl2N5O. The van der Waals surface area contributed by atoms with Crippen LogP contribution in [0.4, 0.5) is 5.82 Å². The van der Waals surface area contributed by atoms with E-state index in [1.165, 1.54) is 6.07 Å². The average Bonchev–Trinajstić information content (AvgIpc) is 3.21. The minimum atomic E-state index is -0.339. The molecule has 0 radical (unpaired) electrons. The number of amides is 1. The molecular weight excluding hydrogens is 457 g/mol. The van der Waals surface area contributed by atoms with Crippen LogP contribution in [0.1, 0.15) is 15.9 Å². The number of halogens is 2. The Morgan fingerprint density at radius 2 is 1.79 bits per heavy atom. The summed E-state index contributed by atoms with van der Waals surface area (Å²) in [5.74, 6) is 0.0537. The van der Waals surface area contributed by atoms with E-state index >= 15 is 0 Å². The van der Waals surface area contributed by atoms with Crippen molar-refractivity contribution in [3.63, 3.8) is 0 Å². The molecule has 3 heterocycles. The number of nitrogens with one attached hydrogen (secondary N) is 1. The molecule has 2 aromatic carbocycles. The number of imidazole rings is 1. The predicted molar refractivity (Wildman–Crippen MR) is 131 cm³/mol. The Labute approximate surface area is 199 Å². The molecule has 8 heteroatoms. The summed E-state index contributed by atoms with van der Waals surface area (Å²) in [5.41, 5.74) is 5.64. The van der Waals surface area contributed by atoms with Gasteiger partial charge < -0.3 is 5.32 Å². The third-order valence-electron chi connectivity index (χ3n) is 5.14. The van der Waals surface area contributed by atoms with Crippen molar-refractivity contribution in [3.8, 4) is 22.5 Å². The van der Waals surface area contributed by atoms with Gasteiger partial charge >= 0.3 is 0 Å². The van der Waals surface area contributed by atoms with Crippen molar-refractivity contribution in [2.24, 2.45) is 0 Å². The minimum Gasteiger partial charge on any atom is -0.307 e. The Morgan fingerprint density at radius 3 is 2.61 bits per heavy atom. The Morgan fingerprint density at radius 1 is 0.909 bits per heavy atom. The zero-order chi connectivity index (χ0) is 22.9. The summed E-state index contributed by atoms with van der Waals surface area (Å²) in [5, 5.41) is 8.02. The SMILES string of the molecule is Cc1cccc(-c2nc3cccnn3c2-c2ccnc(NC(=O)c3ccc(Cl)c(Cl)c3)c2)c1. The van der Waals surface area contributed by atoms with Crippen molar-refractivity contribution in [1.82, 2.24) is 19.6 Å². The Hall–Kier alpha value is -3.74. The second kappa shape index (κ2) is 8.65. The normalized spacial score (nSPS) is 11.0. The number of anilines is 1. The van der Waals surface area contributed by atoms with Crippen molar-refractivity contribution in [2.45, 2.75) is 6.92 Å². The lowest BCUT2D eigenvalue weighted by molar-refractivity contribution is 0.102. The van der Waals surface area contributed by atoms with Crippen LogP contribution in [0.3, 0.4) is 0 Å². The highest BCUT2D eigenvalue weighted by atomic mass is 35.5. The highest BCUT2D eigenvalue weighted by Gasteiger charge is 2.18. The molecule has 0 aliphatic heterocycles. The molecule has 0 saturated carbocycles. The topological polar surface area (TPSA) is 72.2 Å². The Bertz CT molecular complexity index is 1510. The van der Waals surface area contributed by atoms with Crippen molar-refractivity contribution >= 4 is 40.6 Å². The van der Waals surface area contributed by atoms with E-state index in [0.717, 1.165) is 33.7 Å². The number of hydrogen-bond acceptors (Lipinski definition) is 4. The average molecular weight is 474 g/mol. The number of benzene rings is 2. The third kappa shape index (κ3) is 4.18. The molecule has 0 atom stereocenters. The number of aromatic nitrogens is 4. The lowest BCUT2D eigenvalue weighted by Gasteiger charge is -2.09. The van der Waals surface area contributed by atoms with Crippen molar-refractivity contribution < 1.29 is 4.79 Å². The number of hydrogen-bond donors (Lipinski definition) is 1. The van der Waals surface area contributed by atoms with Gasteiger partial charge in [-0.2, -0.15) is 5.10 Å². The maximum absolute atomic E-state index is 12.7. The standard InChI is InChI=1S/C25H17Cl2N5O/c1-15-4-2-5-16(12-15)23-24(32-22(31-23)6-3-10-29-32)17-9-11-28-21(14-17)30-25(33)18-7-8-19(26)20(27)13-18/h2-14H,1H3,(H,28,30,33). The molecule has 33 heavy (non-hydrogen) atoms. The number of nitrogens with zero attached hydrogens (tertiary/aromatic N) is 4. The van der Waals surface area contributed by atoms with Gasteiger partial charge in [0, 0.05) is 29.1 Å². The highest BCUT2D eigenvalue weighted by Crippen LogP contribution is 2.33. The second-order valence-electron chi connectivity index (χ2n) is 7.48. The third-order valence-corrected chi connectivity index (χ3v) is 5.88. The van der Waals surface area contributed by atoms with Crippen LogP contribution in [0, 0.1) is 6.92 Å². The second-order valence-corrected chi connectivity index (χ2v) is 8.30. The summed E-state index contributed by atoms with van der Waals surface area (Å²) in [6, 6.07) is 20.3. The maximum atomic E-state index is 12.7. The molecule has 1 amide bonds. The summed E-state index contributed by atoms with van der Waals surface area (Å²) >= 11 is 12.0. The highest BCUT2D eigenvalue weighted by molar-refractivity contribution is 6.42. The van der Waals surface area contributed by atoms with Gasteiger partial charge in [-0.25, -0.2) is 14.5 Å². The Kier molecular flexibility index (Phi) is 5.54. The molecule has 0 aliphatic carbocycles. The van der Waals surface area contributed by atoms with Gasteiger partial charge in [-0.05, 0) is 55.5 Å². The largest absolute Gasteiger partial charge is 0.307 e. The van der Waals surface area contributed by atoms with Gasteiger partial charge in [-0.1, -0.05) is 47.0 Å². The lowest BCUT2D eigenvalue weighted by Crippen LogP contribution is -2.13. The van der Waals surface area contributed by atoms with Crippen LogP contribution >= 0.6 is 23.2 Å². The van der Waals surface area contributed by atoms with Gasteiger partial charge in [0.25, 0.3) is 5.91 Å². The molecule has 162 valence electrons. The fraction of sp³-hybridized carbons (Fsp3) is 0.0400. The van der Waals surface area contributed by atoms with Gasteiger partial charge in [0.2, 0.25) is 0 Å². The van der Waals surface area contributed by atoms with Gasteiger partial charge in [0.1, 0.15) is 11.5 Å². The zero-order valence-electron chi connectivity index (χ0n) is 17.5. The summed E-state index contributed by atoms with van der Waals surface area (Å²) in [4.78, 5) is 21.9. The monoisotopic (exact) mass is 473 g/mol. The number of pyridine rings is 1. The van der Waals surface area contributed by atoms with E-state index < -0.39 is 0 Å². The molecule has 1 N–H and O–H groups in total. The van der Waals surface area contributed by atoms with Crippen LogP contribution in [0.2, 0.25) is 10.0 Å². The first kappa shape index (κ1) is 21.1.